The van der Waals surface area contributed by atoms with E-state index in [2.05, 4.69) is 30.5 Å². The molecule has 1 heterocycles. The van der Waals surface area contributed by atoms with Gasteiger partial charge in [0.2, 0.25) is 0 Å². The summed E-state index contributed by atoms with van der Waals surface area (Å²) >= 11 is 8.17. The Balaban J connectivity index is 2.65. The second kappa shape index (κ2) is 7.29. The molecule has 1 unspecified atom stereocenters. The van der Waals surface area contributed by atoms with Gasteiger partial charge in [0, 0.05) is 25.4 Å². The van der Waals surface area contributed by atoms with E-state index in [0.29, 0.717) is 6.04 Å². The molecular weight excluding hydrogens is 254 g/mol. The maximum Gasteiger partial charge on any atom is 0.0863 e. The van der Waals surface area contributed by atoms with Crippen molar-refractivity contribution >= 4 is 23.4 Å². The Morgan fingerprint density at radius 3 is 2.65 bits per heavy atom. The van der Waals surface area contributed by atoms with E-state index in [0.717, 1.165) is 41.5 Å². The molecule has 0 saturated heterocycles. The van der Waals surface area contributed by atoms with Gasteiger partial charge in [0.1, 0.15) is 0 Å². The molecule has 0 aliphatic heterocycles. The average Bonchev–Trinajstić information content (AvgIpc) is 2.60. The molecule has 3 nitrogen and oxygen atoms in total. The molecule has 0 amide bonds. The molecule has 1 N–H and O–H groups in total. The van der Waals surface area contributed by atoms with Gasteiger partial charge in [0.05, 0.1) is 16.4 Å². The summed E-state index contributed by atoms with van der Waals surface area (Å²) in [5.74, 6) is 1.13. The molecule has 0 aliphatic rings. The van der Waals surface area contributed by atoms with E-state index < -0.39 is 0 Å². The number of rotatable bonds is 7. The lowest BCUT2D eigenvalue weighted by Crippen LogP contribution is -2.30. The van der Waals surface area contributed by atoms with Crippen LogP contribution < -0.4 is 5.32 Å². The molecule has 17 heavy (non-hydrogen) atoms. The minimum absolute atomic E-state index is 0.543. The van der Waals surface area contributed by atoms with E-state index in [9.17, 15) is 0 Å². The number of aryl methyl sites for hydroxylation is 2. The van der Waals surface area contributed by atoms with Crippen molar-refractivity contribution in [3.8, 4) is 0 Å². The molecule has 5 heteroatoms. The first kappa shape index (κ1) is 14.9. The normalized spacial score (nSPS) is 13.0. The topological polar surface area (TPSA) is 29.9 Å². The lowest BCUT2D eigenvalue weighted by atomic mass is 10.2. The summed E-state index contributed by atoms with van der Waals surface area (Å²) in [5.41, 5.74) is 2.08. The van der Waals surface area contributed by atoms with Crippen molar-refractivity contribution in [3.05, 3.63) is 16.4 Å². The van der Waals surface area contributed by atoms with E-state index in [1.165, 1.54) is 0 Å². The minimum atomic E-state index is 0.543. The first-order valence-corrected chi connectivity index (χ1v) is 7.83. The fourth-order valence-corrected chi connectivity index (χ4v) is 2.89. The van der Waals surface area contributed by atoms with Gasteiger partial charge in [0.15, 0.2) is 0 Å². The van der Waals surface area contributed by atoms with Gasteiger partial charge in [-0.3, -0.25) is 4.68 Å². The SMILES string of the molecule is CCc1nn(C)c(CNC(CC)CSC)c1Cl. The molecule has 1 atom stereocenters. The van der Waals surface area contributed by atoms with Crippen molar-refractivity contribution in [1.82, 2.24) is 15.1 Å². The molecule has 1 rings (SSSR count). The molecular formula is C12H22ClN3S. The zero-order valence-corrected chi connectivity index (χ0v) is 12.7. The van der Waals surface area contributed by atoms with Crippen LogP contribution in [-0.4, -0.2) is 27.8 Å². The van der Waals surface area contributed by atoms with Crippen LogP contribution in [0.2, 0.25) is 5.02 Å². The van der Waals surface area contributed by atoms with Crippen LogP contribution in [0, 0.1) is 0 Å². The van der Waals surface area contributed by atoms with E-state index >= 15 is 0 Å². The highest BCUT2D eigenvalue weighted by molar-refractivity contribution is 7.98. The fourth-order valence-electron chi connectivity index (χ4n) is 1.78. The first-order valence-electron chi connectivity index (χ1n) is 6.06. The Morgan fingerprint density at radius 2 is 2.18 bits per heavy atom. The summed E-state index contributed by atoms with van der Waals surface area (Å²) in [4.78, 5) is 0. The van der Waals surface area contributed by atoms with Gasteiger partial charge in [-0.25, -0.2) is 0 Å². The van der Waals surface area contributed by atoms with Crippen molar-refractivity contribution in [2.75, 3.05) is 12.0 Å². The molecule has 0 aromatic carbocycles. The van der Waals surface area contributed by atoms with E-state index in [1.807, 2.05) is 23.5 Å². The number of hydrogen-bond acceptors (Lipinski definition) is 3. The Bertz CT molecular complexity index is 352. The first-order chi connectivity index (χ1) is 8.13. The lowest BCUT2D eigenvalue weighted by molar-refractivity contribution is 0.522. The summed E-state index contributed by atoms with van der Waals surface area (Å²) in [5, 5.41) is 8.78. The molecule has 0 bridgehead atoms. The monoisotopic (exact) mass is 275 g/mol. The number of hydrogen-bond donors (Lipinski definition) is 1. The van der Waals surface area contributed by atoms with Gasteiger partial charge >= 0.3 is 0 Å². The fraction of sp³-hybridized carbons (Fsp3) is 0.750. The lowest BCUT2D eigenvalue weighted by Gasteiger charge is -2.15. The van der Waals surface area contributed by atoms with E-state index in [4.69, 9.17) is 11.6 Å². The summed E-state index contributed by atoms with van der Waals surface area (Å²) in [6.45, 7) is 5.08. The Labute approximate surface area is 113 Å². The van der Waals surface area contributed by atoms with Crippen LogP contribution in [-0.2, 0) is 20.0 Å². The Hall–Kier alpha value is -0.190. The molecule has 0 spiro atoms. The quantitative estimate of drug-likeness (QED) is 0.830. The van der Waals surface area contributed by atoms with E-state index in [1.54, 1.807) is 0 Å². The predicted molar refractivity (Wildman–Crippen MR) is 76.9 cm³/mol. The van der Waals surface area contributed by atoms with Gasteiger partial charge < -0.3 is 5.32 Å². The van der Waals surface area contributed by atoms with Crippen LogP contribution >= 0.6 is 23.4 Å². The van der Waals surface area contributed by atoms with Gasteiger partial charge in [0.25, 0.3) is 0 Å². The van der Waals surface area contributed by atoms with Crippen molar-refractivity contribution in [1.29, 1.82) is 0 Å². The zero-order chi connectivity index (χ0) is 12.8. The van der Waals surface area contributed by atoms with Gasteiger partial charge in [-0.1, -0.05) is 25.4 Å². The molecule has 0 radical (unpaired) electrons. The zero-order valence-electron chi connectivity index (χ0n) is 11.1. The third-order valence-electron chi connectivity index (χ3n) is 2.92. The third kappa shape index (κ3) is 3.90. The standard InChI is InChI=1S/C12H22ClN3S/c1-5-9(8-17-4)14-7-11-12(13)10(6-2)15-16(11)3/h9,14H,5-8H2,1-4H3. The maximum absolute atomic E-state index is 6.30. The molecule has 0 fully saturated rings. The molecule has 1 aromatic heterocycles. The Morgan fingerprint density at radius 1 is 1.47 bits per heavy atom. The summed E-state index contributed by atoms with van der Waals surface area (Å²) < 4.78 is 1.89. The number of thioether (sulfide) groups is 1. The second-order valence-electron chi connectivity index (χ2n) is 4.13. The van der Waals surface area contributed by atoms with Crippen molar-refractivity contribution < 1.29 is 0 Å². The summed E-state index contributed by atoms with van der Waals surface area (Å²) in [6, 6.07) is 0.543. The van der Waals surface area contributed by atoms with Crippen molar-refractivity contribution in [2.24, 2.45) is 7.05 Å². The Kier molecular flexibility index (Phi) is 6.38. The minimum Gasteiger partial charge on any atom is -0.308 e. The highest BCUT2D eigenvalue weighted by Crippen LogP contribution is 2.20. The second-order valence-corrected chi connectivity index (χ2v) is 5.41. The molecule has 98 valence electrons. The smallest absolute Gasteiger partial charge is 0.0863 e. The van der Waals surface area contributed by atoms with Crippen LogP contribution in [0.5, 0.6) is 0 Å². The predicted octanol–water partition coefficient (Wildman–Crippen LogP) is 2.87. The number of nitrogens with one attached hydrogen (secondary N) is 1. The highest BCUT2D eigenvalue weighted by atomic mass is 35.5. The number of aromatic nitrogens is 2. The van der Waals surface area contributed by atoms with E-state index in [-0.39, 0.29) is 0 Å². The average molecular weight is 276 g/mol. The number of nitrogens with zero attached hydrogens (tertiary/aromatic N) is 2. The third-order valence-corrected chi connectivity index (χ3v) is 4.09. The molecule has 0 aliphatic carbocycles. The van der Waals surface area contributed by atoms with Gasteiger partial charge in [-0.15, -0.1) is 0 Å². The highest BCUT2D eigenvalue weighted by Gasteiger charge is 2.14. The van der Waals surface area contributed by atoms with Gasteiger partial charge in [-0.05, 0) is 19.1 Å². The maximum atomic E-state index is 6.30. The summed E-state index contributed by atoms with van der Waals surface area (Å²) in [7, 11) is 1.96. The van der Waals surface area contributed by atoms with Crippen LogP contribution in [0.4, 0.5) is 0 Å². The molecule has 1 aromatic rings. The van der Waals surface area contributed by atoms with Crippen LogP contribution in [0.3, 0.4) is 0 Å². The van der Waals surface area contributed by atoms with Gasteiger partial charge in [-0.2, -0.15) is 16.9 Å². The summed E-state index contributed by atoms with van der Waals surface area (Å²) in [6.07, 6.45) is 4.15. The number of halogens is 1. The largest absolute Gasteiger partial charge is 0.308 e. The van der Waals surface area contributed by atoms with Crippen LogP contribution in [0.15, 0.2) is 0 Å². The van der Waals surface area contributed by atoms with Crippen LogP contribution in [0.25, 0.3) is 0 Å². The van der Waals surface area contributed by atoms with Crippen molar-refractivity contribution in [3.63, 3.8) is 0 Å². The van der Waals surface area contributed by atoms with Crippen LogP contribution in [0.1, 0.15) is 31.7 Å². The van der Waals surface area contributed by atoms with Crippen molar-refractivity contribution in [2.45, 2.75) is 39.3 Å². The molecule has 0 saturated carbocycles.